The van der Waals surface area contributed by atoms with Crippen molar-refractivity contribution >= 4 is 46.8 Å². The summed E-state index contributed by atoms with van der Waals surface area (Å²) in [5.41, 5.74) is 1.93. The molecule has 0 aliphatic carbocycles. The summed E-state index contributed by atoms with van der Waals surface area (Å²) >= 11 is 13.7. The minimum atomic E-state index is -0.496. The summed E-state index contributed by atoms with van der Waals surface area (Å²) in [7, 11) is 0. The van der Waals surface area contributed by atoms with Gasteiger partial charge in [-0.2, -0.15) is 0 Å². The van der Waals surface area contributed by atoms with Crippen molar-refractivity contribution in [1.82, 2.24) is 10.2 Å². The van der Waals surface area contributed by atoms with Crippen LogP contribution in [-0.4, -0.2) is 35.1 Å². The molecule has 2 amide bonds. The number of nitrogens with zero attached hydrogens (tertiary/aromatic N) is 1. The molecule has 2 aromatic rings. The van der Waals surface area contributed by atoms with E-state index < -0.39 is 6.04 Å². The van der Waals surface area contributed by atoms with Gasteiger partial charge in [0.15, 0.2) is 0 Å². The molecule has 0 aliphatic rings. The average Bonchev–Trinajstić information content (AvgIpc) is 2.74. The molecule has 4 nitrogen and oxygen atoms in total. The molecule has 162 valence electrons. The molecule has 0 fully saturated rings. The van der Waals surface area contributed by atoms with Crippen molar-refractivity contribution in [3.63, 3.8) is 0 Å². The fourth-order valence-corrected chi connectivity index (χ4v) is 4.50. The first-order valence-electron chi connectivity index (χ1n) is 10.1. The molecule has 0 radical (unpaired) electrons. The first-order valence-corrected chi connectivity index (χ1v) is 12.0. The van der Waals surface area contributed by atoms with Crippen LogP contribution in [0.2, 0.25) is 10.0 Å². The summed E-state index contributed by atoms with van der Waals surface area (Å²) in [5.74, 6) is 0.699. The van der Waals surface area contributed by atoms with E-state index in [0.29, 0.717) is 35.3 Å². The van der Waals surface area contributed by atoms with Gasteiger partial charge in [-0.05, 0) is 36.1 Å². The van der Waals surface area contributed by atoms with Crippen LogP contribution in [0.3, 0.4) is 0 Å². The van der Waals surface area contributed by atoms with Crippen molar-refractivity contribution in [2.75, 3.05) is 12.3 Å². The molecular formula is C23H28Cl2N2O2S. The maximum absolute atomic E-state index is 13.1. The van der Waals surface area contributed by atoms with Gasteiger partial charge in [-0.25, -0.2) is 0 Å². The lowest BCUT2D eigenvalue weighted by molar-refractivity contribution is -0.139. The monoisotopic (exact) mass is 466 g/mol. The molecule has 2 rings (SSSR count). The van der Waals surface area contributed by atoms with Crippen LogP contribution in [0.15, 0.2) is 48.5 Å². The van der Waals surface area contributed by atoms with Crippen molar-refractivity contribution in [3.8, 4) is 0 Å². The lowest BCUT2D eigenvalue weighted by atomic mass is 10.1. The Morgan fingerprint density at radius 1 is 1.10 bits per heavy atom. The van der Waals surface area contributed by atoms with E-state index in [1.165, 1.54) is 11.8 Å². The van der Waals surface area contributed by atoms with Crippen LogP contribution in [-0.2, 0) is 21.9 Å². The van der Waals surface area contributed by atoms with Gasteiger partial charge in [-0.15, -0.1) is 11.8 Å². The normalized spacial score (nSPS) is 11.7. The zero-order chi connectivity index (χ0) is 21.9. The van der Waals surface area contributed by atoms with Gasteiger partial charge in [0.05, 0.1) is 5.75 Å². The van der Waals surface area contributed by atoms with Crippen LogP contribution in [0.4, 0.5) is 0 Å². The van der Waals surface area contributed by atoms with Gasteiger partial charge in [0.25, 0.3) is 0 Å². The molecule has 7 heteroatoms. The minimum Gasteiger partial charge on any atom is -0.354 e. The highest BCUT2D eigenvalue weighted by Gasteiger charge is 2.28. The fourth-order valence-electron chi connectivity index (χ4n) is 3.04. The standard InChI is InChI=1S/C23H28Cl2N2O2S/c1-3-12-26-23(29)21(4-2)27(14-17-8-6-5-7-9-17)22(28)16-30-15-18-10-11-19(24)13-20(18)25/h5-11,13,21H,3-4,12,14-16H2,1-2H3,(H,26,29)/t21-/m1/s1. The highest BCUT2D eigenvalue weighted by atomic mass is 35.5. The van der Waals surface area contributed by atoms with Crippen LogP contribution >= 0.6 is 35.0 Å². The Kier molecular flexibility index (Phi) is 10.6. The van der Waals surface area contributed by atoms with Crippen LogP contribution in [0.5, 0.6) is 0 Å². The second-order valence-corrected chi connectivity index (χ2v) is 8.78. The van der Waals surface area contributed by atoms with E-state index in [1.54, 1.807) is 17.0 Å². The predicted octanol–water partition coefficient (Wildman–Crippen LogP) is 5.56. The van der Waals surface area contributed by atoms with Crippen molar-refractivity contribution in [2.45, 2.75) is 45.0 Å². The molecule has 1 atom stereocenters. The topological polar surface area (TPSA) is 49.4 Å². The number of rotatable bonds is 11. The van der Waals surface area contributed by atoms with E-state index in [2.05, 4.69) is 5.32 Å². The quantitative estimate of drug-likeness (QED) is 0.471. The first kappa shape index (κ1) is 24.6. The van der Waals surface area contributed by atoms with Gasteiger partial charge in [-0.3, -0.25) is 9.59 Å². The Balaban J connectivity index is 2.09. The molecule has 0 unspecified atom stereocenters. The third kappa shape index (κ3) is 7.53. The van der Waals surface area contributed by atoms with E-state index in [-0.39, 0.29) is 17.6 Å². The molecule has 0 aliphatic heterocycles. The summed E-state index contributed by atoms with van der Waals surface area (Å²) in [6, 6.07) is 14.6. The zero-order valence-electron chi connectivity index (χ0n) is 17.4. The maximum atomic E-state index is 13.1. The molecule has 0 heterocycles. The second kappa shape index (κ2) is 12.9. The first-order chi connectivity index (χ1) is 14.5. The van der Waals surface area contributed by atoms with E-state index in [9.17, 15) is 9.59 Å². The number of thioether (sulfide) groups is 1. The summed E-state index contributed by atoms with van der Waals surface area (Å²) in [6.45, 7) is 4.95. The average molecular weight is 467 g/mol. The van der Waals surface area contributed by atoms with E-state index in [0.717, 1.165) is 17.5 Å². The van der Waals surface area contributed by atoms with Gasteiger partial charge in [0.2, 0.25) is 11.8 Å². The highest BCUT2D eigenvalue weighted by Crippen LogP contribution is 2.25. The van der Waals surface area contributed by atoms with E-state index in [1.807, 2.05) is 50.2 Å². The largest absolute Gasteiger partial charge is 0.354 e. The SMILES string of the molecule is CCCNC(=O)[C@@H](CC)N(Cc1ccccc1)C(=O)CSCc1ccc(Cl)cc1Cl. The number of hydrogen-bond acceptors (Lipinski definition) is 3. The lowest BCUT2D eigenvalue weighted by Gasteiger charge is -2.30. The molecule has 0 aromatic heterocycles. The van der Waals surface area contributed by atoms with Crippen molar-refractivity contribution in [2.24, 2.45) is 0 Å². The van der Waals surface area contributed by atoms with Gasteiger partial charge in [0.1, 0.15) is 6.04 Å². The highest BCUT2D eigenvalue weighted by molar-refractivity contribution is 7.99. The van der Waals surface area contributed by atoms with Crippen LogP contribution in [0, 0.1) is 0 Å². The lowest BCUT2D eigenvalue weighted by Crippen LogP contribution is -2.49. The Morgan fingerprint density at radius 3 is 2.47 bits per heavy atom. The van der Waals surface area contributed by atoms with Crippen LogP contribution in [0.25, 0.3) is 0 Å². The Hall–Kier alpha value is -1.69. The zero-order valence-corrected chi connectivity index (χ0v) is 19.7. The Morgan fingerprint density at radius 2 is 1.83 bits per heavy atom. The smallest absolute Gasteiger partial charge is 0.242 e. The van der Waals surface area contributed by atoms with E-state index in [4.69, 9.17) is 23.2 Å². The molecule has 0 spiro atoms. The van der Waals surface area contributed by atoms with Gasteiger partial charge >= 0.3 is 0 Å². The molecule has 0 bridgehead atoms. The number of benzene rings is 2. The van der Waals surface area contributed by atoms with Crippen molar-refractivity contribution in [1.29, 1.82) is 0 Å². The number of amides is 2. The maximum Gasteiger partial charge on any atom is 0.242 e. The minimum absolute atomic E-state index is 0.0626. The predicted molar refractivity (Wildman–Crippen MR) is 127 cm³/mol. The molecule has 0 saturated heterocycles. The van der Waals surface area contributed by atoms with Crippen LogP contribution < -0.4 is 5.32 Å². The molecular weight excluding hydrogens is 439 g/mol. The molecule has 30 heavy (non-hydrogen) atoms. The number of halogens is 2. The third-order valence-electron chi connectivity index (χ3n) is 4.63. The summed E-state index contributed by atoms with van der Waals surface area (Å²) in [6.07, 6.45) is 1.41. The summed E-state index contributed by atoms with van der Waals surface area (Å²) in [5, 5.41) is 4.11. The molecule has 2 aromatic carbocycles. The summed E-state index contributed by atoms with van der Waals surface area (Å²) in [4.78, 5) is 27.5. The van der Waals surface area contributed by atoms with Gasteiger partial charge in [0, 0.05) is 28.9 Å². The van der Waals surface area contributed by atoms with Gasteiger partial charge in [-0.1, -0.05) is 73.4 Å². The molecule has 1 N–H and O–H groups in total. The number of carbonyl (C=O) groups excluding carboxylic acids is 2. The fraction of sp³-hybridized carbons (Fsp3) is 0.391. The van der Waals surface area contributed by atoms with E-state index >= 15 is 0 Å². The van der Waals surface area contributed by atoms with Gasteiger partial charge < -0.3 is 10.2 Å². The Bertz CT molecular complexity index is 833. The second-order valence-electron chi connectivity index (χ2n) is 6.95. The Labute approximate surface area is 193 Å². The third-order valence-corrected chi connectivity index (χ3v) is 6.18. The summed E-state index contributed by atoms with van der Waals surface area (Å²) < 4.78 is 0. The van der Waals surface area contributed by atoms with Crippen molar-refractivity contribution < 1.29 is 9.59 Å². The molecule has 0 saturated carbocycles. The number of hydrogen-bond donors (Lipinski definition) is 1. The number of nitrogens with one attached hydrogen (secondary N) is 1. The van der Waals surface area contributed by atoms with Crippen LogP contribution in [0.1, 0.15) is 37.8 Å². The van der Waals surface area contributed by atoms with Crippen molar-refractivity contribution in [3.05, 3.63) is 69.7 Å². The number of carbonyl (C=O) groups is 2.